The van der Waals surface area contributed by atoms with Crippen molar-refractivity contribution in [1.82, 2.24) is 0 Å². The molecule has 2 aromatic carbocycles. The molecule has 0 saturated carbocycles. The standard InChI is InChI=1S/C7H6ClO2S.C7H8N.2Y/c1-6-4-2-3-5-7(6)11(8,9)10;1-6-4-2-3-5-7(6)8;;/h2,4-5H,1H3;2,4-5H,8H2,1H3;;/q2*-1;;. The van der Waals surface area contributed by atoms with Gasteiger partial charge >= 0.3 is 0 Å². The number of aryl methyl sites for hydroxylation is 2. The molecule has 21 heavy (non-hydrogen) atoms. The molecule has 0 atom stereocenters. The average molecular weight is 474 g/mol. The van der Waals surface area contributed by atoms with Crippen molar-refractivity contribution in [2.75, 3.05) is 5.73 Å². The molecule has 108 valence electrons. The van der Waals surface area contributed by atoms with Gasteiger partial charge in [0, 0.05) is 76.1 Å². The molecular weight excluding hydrogens is 459 g/mol. The second kappa shape index (κ2) is 11.3. The van der Waals surface area contributed by atoms with Crippen molar-refractivity contribution in [3.63, 3.8) is 0 Å². The van der Waals surface area contributed by atoms with Crippen molar-refractivity contribution < 1.29 is 73.8 Å². The predicted molar refractivity (Wildman–Crippen MR) is 77.5 cm³/mol. The van der Waals surface area contributed by atoms with Crippen molar-refractivity contribution in [2.24, 2.45) is 0 Å². The molecule has 0 fully saturated rings. The first-order valence-electron chi connectivity index (χ1n) is 5.46. The van der Waals surface area contributed by atoms with Crippen molar-refractivity contribution in [1.29, 1.82) is 0 Å². The van der Waals surface area contributed by atoms with Crippen LogP contribution in [0.25, 0.3) is 0 Å². The van der Waals surface area contributed by atoms with Crippen molar-refractivity contribution in [3.8, 4) is 0 Å². The van der Waals surface area contributed by atoms with Crippen molar-refractivity contribution >= 4 is 25.4 Å². The number of nitrogens with two attached hydrogens (primary N) is 1. The zero-order chi connectivity index (χ0) is 14.5. The van der Waals surface area contributed by atoms with Crippen LogP contribution in [-0.2, 0) is 74.5 Å². The summed E-state index contributed by atoms with van der Waals surface area (Å²) < 4.78 is 21.6. The topological polar surface area (TPSA) is 60.2 Å². The molecular formula is C14H14ClNO2SY2-2. The van der Waals surface area contributed by atoms with Crippen LogP contribution in [0, 0.1) is 26.0 Å². The molecule has 3 nitrogen and oxygen atoms in total. The molecule has 2 rings (SSSR count). The van der Waals surface area contributed by atoms with Gasteiger partial charge in [0.15, 0.2) is 0 Å². The van der Waals surface area contributed by atoms with E-state index in [4.69, 9.17) is 16.4 Å². The Hall–Kier alpha value is 0.688. The third kappa shape index (κ3) is 8.78. The molecule has 7 heteroatoms. The minimum Gasteiger partial charge on any atom is -0.449 e. The van der Waals surface area contributed by atoms with Crippen LogP contribution in [0.3, 0.4) is 0 Å². The summed E-state index contributed by atoms with van der Waals surface area (Å²) in [6.07, 6.45) is 0. The molecule has 0 spiro atoms. The zero-order valence-electron chi connectivity index (χ0n) is 11.8. The van der Waals surface area contributed by atoms with Crippen molar-refractivity contribution in [3.05, 3.63) is 59.7 Å². The summed E-state index contributed by atoms with van der Waals surface area (Å²) in [6, 6.07) is 15.7. The van der Waals surface area contributed by atoms with E-state index < -0.39 is 9.05 Å². The van der Waals surface area contributed by atoms with Crippen LogP contribution in [0.15, 0.2) is 41.3 Å². The normalized spacial score (nSPS) is 9.48. The molecule has 0 aliphatic carbocycles. The zero-order valence-corrected chi connectivity index (χ0v) is 19.0. The molecule has 0 unspecified atom stereocenters. The minimum atomic E-state index is -3.59. The van der Waals surface area contributed by atoms with Gasteiger partial charge in [0.05, 0.1) is 0 Å². The maximum atomic E-state index is 10.8. The Morgan fingerprint density at radius 1 is 1.00 bits per heavy atom. The van der Waals surface area contributed by atoms with E-state index in [9.17, 15) is 8.42 Å². The number of hydrogen-bond donors (Lipinski definition) is 1. The molecule has 0 aromatic heterocycles. The molecule has 2 radical (unpaired) electrons. The van der Waals surface area contributed by atoms with Gasteiger partial charge < -0.3 is 5.73 Å². The third-order valence-corrected chi connectivity index (χ3v) is 3.88. The van der Waals surface area contributed by atoms with E-state index in [2.05, 4.69) is 12.1 Å². The van der Waals surface area contributed by atoms with E-state index in [1.165, 1.54) is 6.07 Å². The molecule has 0 bridgehead atoms. The third-order valence-electron chi connectivity index (χ3n) is 2.42. The van der Waals surface area contributed by atoms with Gasteiger partial charge in [0.2, 0.25) is 9.05 Å². The van der Waals surface area contributed by atoms with Crippen LogP contribution in [0.5, 0.6) is 0 Å². The van der Waals surface area contributed by atoms with E-state index in [-0.39, 0.29) is 70.3 Å². The van der Waals surface area contributed by atoms with Crippen LogP contribution in [0.4, 0.5) is 5.69 Å². The fourth-order valence-electron chi connectivity index (χ4n) is 1.28. The van der Waals surface area contributed by atoms with Gasteiger partial charge in [-0.1, -0.05) is 19.5 Å². The number of halogens is 1. The van der Waals surface area contributed by atoms with Crippen LogP contribution in [0.2, 0.25) is 0 Å². The van der Waals surface area contributed by atoms with Gasteiger partial charge in [0.1, 0.15) is 0 Å². The second-order valence-electron chi connectivity index (χ2n) is 3.91. The van der Waals surface area contributed by atoms with Crippen molar-refractivity contribution in [2.45, 2.75) is 18.7 Å². The molecule has 2 aromatic rings. The van der Waals surface area contributed by atoms with Crippen LogP contribution < -0.4 is 5.73 Å². The first kappa shape index (κ1) is 23.9. The molecule has 0 saturated heterocycles. The molecule has 0 aliphatic heterocycles. The van der Waals surface area contributed by atoms with E-state index in [1.54, 1.807) is 25.1 Å². The molecule has 2 N–H and O–H groups in total. The quantitative estimate of drug-likeness (QED) is 0.393. The average Bonchev–Trinajstić information content (AvgIpc) is 2.33. The maximum Gasteiger partial charge on any atom is 0.215 e. The van der Waals surface area contributed by atoms with Crippen LogP contribution in [-0.4, -0.2) is 8.42 Å². The summed E-state index contributed by atoms with van der Waals surface area (Å²) in [7, 11) is 1.52. The van der Waals surface area contributed by atoms with Gasteiger partial charge in [-0.25, -0.2) is 8.42 Å². The summed E-state index contributed by atoms with van der Waals surface area (Å²) in [5, 5.41) is 0. The number of benzene rings is 2. The molecule has 0 aliphatic rings. The number of anilines is 1. The van der Waals surface area contributed by atoms with E-state index in [0.29, 0.717) is 5.56 Å². The fraction of sp³-hybridized carbons (Fsp3) is 0.143. The Balaban J connectivity index is 0. The first-order chi connectivity index (χ1) is 8.82. The van der Waals surface area contributed by atoms with Crippen LogP contribution >= 0.6 is 10.7 Å². The summed E-state index contributed by atoms with van der Waals surface area (Å²) in [4.78, 5) is 0.127. The molecule has 0 heterocycles. The SMILES string of the molecule is Cc1cc[c-]cc1N.Cc1cc[c-]cc1S(=O)(=O)Cl.[Y].[Y]. The largest absolute Gasteiger partial charge is 0.449 e. The summed E-state index contributed by atoms with van der Waals surface area (Å²) in [5.41, 5.74) is 8.05. The van der Waals surface area contributed by atoms with E-state index in [1.807, 2.05) is 19.1 Å². The van der Waals surface area contributed by atoms with Gasteiger partial charge in [-0.3, -0.25) is 0 Å². The number of hydrogen-bond acceptors (Lipinski definition) is 3. The van der Waals surface area contributed by atoms with Crippen LogP contribution in [0.1, 0.15) is 11.1 Å². The Kier molecular flexibility index (Phi) is 12.8. The summed E-state index contributed by atoms with van der Waals surface area (Å²) >= 11 is 0. The summed E-state index contributed by atoms with van der Waals surface area (Å²) in [6.45, 7) is 3.66. The number of nitrogen functional groups attached to an aromatic ring is 1. The van der Waals surface area contributed by atoms with E-state index in [0.717, 1.165) is 11.3 Å². The van der Waals surface area contributed by atoms with Gasteiger partial charge in [0.25, 0.3) is 0 Å². The number of rotatable bonds is 1. The Morgan fingerprint density at radius 3 is 1.76 bits per heavy atom. The van der Waals surface area contributed by atoms with Gasteiger partial charge in [-0.05, 0) is 4.90 Å². The Morgan fingerprint density at radius 2 is 1.48 bits per heavy atom. The predicted octanol–water partition coefficient (Wildman–Crippen LogP) is 3.10. The second-order valence-corrected chi connectivity index (χ2v) is 6.45. The smallest absolute Gasteiger partial charge is 0.215 e. The summed E-state index contributed by atoms with van der Waals surface area (Å²) in [5.74, 6) is 0. The van der Waals surface area contributed by atoms with E-state index >= 15 is 0 Å². The molecule has 0 amide bonds. The van der Waals surface area contributed by atoms with Gasteiger partial charge in [-0.2, -0.15) is 48.5 Å². The first-order valence-corrected chi connectivity index (χ1v) is 7.77. The van der Waals surface area contributed by atoms with Gasteiger partial charge in [-0.15, -0.1) is 11.1 Å². The maximum absolute atomic E-state index is 10.8. The Bertz CT molecular complexity index is 643. The monoisotopic (exact) mass is 473 g/mol. The fourth-order valence-corrected chi connectivity index (χ4v) is 2.44. The Labute approximate surface area is 181 Å². The minimum absolute atomic E-state index is 0.